The Morgan fingerprint density at radius 3 is 1.02 bits per heavy atom. The maximum Gasteiger partial charge on any atom is 0.234 e. The molecule has 16 nitrogen and oxygen atoms in total. The SMILES string of the molecule is COc1cc(OC)c(/C=C/C(c2ccc(OC)c(N3C(=O)CCC3=O)c2)S(=O)(=O)C(/C=C/c2c(OC)cc(OC)cc2OC)c2ccc(OC)c(N3C(=O)CCC3=O)c2)c(OC)c1. The number of imide groups is 2. The average Bonchev–Trinajstić information content (AvgIpc) is 3.82. The Balaban J connectivity index is 1.65. The van der Waals surface area contributed by atoms with E-state index in [9.17, 15) is 19.2 Å². The van der Waals surface area contributed by atoms with E-state index in [1.54, 1.807) is 24.3 Å². The molecule has 2 aliphatic heterocycles. The Morgan fingerprint density at radius 2 is 0.746 bits per heavy atom. The van der Waals surface area contributed by atoms with Crippen molar-refractivity contribution < 1.29 is 65.5 Å². The lowest BCUT2D eigenvalue weighted by Crippen LogP contribution is -2.29. The van der Waals surface area contributed by atoms with Crippen LogP contribution in [-0.2, 0) is 29.0 Å². The number of methoxy groups -OCH3 is 8. The van der Waals surface area contributed by atoms with Crippen LogP contribution in [0.2, 0.25) is 0 Å². The van der Waals surface area contributed by atoms with Gasteiger partial charge in [0.25, 0.3) is 0 Å². The molecule has 4 aromatic carbocycles. The molecule has 6 rings (SSSR count). The lowest BCUT2D eigenvalue weighted by Gasteiger charge is -2.25. The molecule has 2 fully saturated rings. The van der Waals surface area contributed by atoms with E-state index in [-0.39, 0.29) is 59.7 Å². The van der Waals surface area contributed by atoms with Crippen molar-refractivity contribution >= 4 is 57.0 Å². The van der Waals surface area contributed by atoms with E-state index in [1.165, 1.54) is 118 Å². The molecular weight excluding hydrogens is 837 g/mol. The zero-order chi connectivity index (χ0) is 45.6. The number of carbonyl (C=O) groups excluding carboxylic acids is 4. The molecule has 332 valence electrons. The van der Waals surface area contributed by atoms with Gasteiger partial charge >= 0.3 is 0 Å². The summed E-state index contributed by atoms with van der Waals surface area (Å²) < 4.78 is 76.6. The van der Waals surface area contributed by atoms with Crippen LogP contribution in [-0.4, -0.2) is 88.9 Å². The van der Waals surface area contributed by atoms with Gasteiger partial charge in [0.2, 0.25) is 23.6 Å². The summed E-state index contributed by atoms with van der Waals surface area (Å²) in [7, 11) is 6.85. The van der Waals surface area contributed by atoms with E-state index in [2.05, 4.69) is 0 Å². The number of ether oxygens (including phenoxy) is 8. The van der Waals surface area contributed by atoms with E-state index in [1.807, 2.05) is 0 Å². The second-order valence-electron chi connectivity index (χ2n) is 14.1. The Labute approximate surface area is 365 Å². The molecule has 2 aliphatic rings. The molecule has 0 bridgehead atoms. The number of anilines is 2. The third-order valence-corrected chi connectivity index (χ3v) is 13.0. The second kappa shape index (κ2) is 19.4. The summed E-state index contributed by atoms with van der Waals surface area (Å²) in [6, 6.07) is 15.4. The van der Waals surface area contributed by atoms with Gasteiger partial charge < -0.3 is 37.9 Å². The van der Waals surface area contributed by atoms with Gasteiger partial charge in [-0.1, -0.05) is 24.3 Å². The number of hydrogen-bond acceptors (Lipinski definition) is 14. The maximum atomic E-state index is 15.9. The van der Waals surface area contributed by atoms with Gasteiger partial charge in [-0.15, -0.1) is 0 Å². The van der Waals surface area contributed by atoms with Crippen LogP contribution in [0, 0.1) is 0 Å². The lowest BCUT2D eigenvalue weighted by molar-refractivity contribution is -0.122. The third-order valence-electron chi connectivity index (χ3n) is 10.7. The molecule has 4 aromatic rings. The van der Waals surface area contributed by atoms with Crippen molar-refractivity contribution in [3.05, 3.63) is 95.1 Å². The number of benzene rings is 4. The minimum atomic E-state index is -4.63. The van der Waals surface area contributed by atoms with Crippen LogP contribution >= 0.6 is 0 Å². The molecule has 2 unspecified atom stereocenters. The predicted octanol–water partition coefficient (Wildman–Crippen LogP) is 6.69. The van der Waals surface area contributed by atoms with Crippen LogP contribution in [0.25, 0.3) is 12.2 Å². The highest BCUT2D eigenvalue weighted by Gasteiger charge is 2.39. The Bertz CT molecular complexity index is 2350. The summed E-state index contributed by atoms with van der Waals surface area (Å²) in [5.41, 5.74) is 1.17. The molecule has 0 N–H and O–H groups in total. The molecule has 0 aliphatic carbocycles. The third kappa shape index (κ3) is 9.00. The zero-order valence-electron chi connectivity index (χ0n) is 36.1. The molecule has 2 saturated heterocycles. The van der Waals surface area contributed by atoms with Crippen LogP contribution < -0.4 is 47.7 Å². The highest BCUT2D eigenvalue weighted by atomic mass is 32.2. The van der Waals surface area contributed by atoms with Crippen molar-refractivity contribution in [2.45, 2.75) is 36.2 Å². The predicted molar refractivity (Wildman–Crippen MR) is 234 cm³/mol. The maximum absolute atomic E-state index is 15.9. The largest absolute Gasteiger partial charge is 0.496 e. The summed E-state index contributed by atoms with van der Waals surface area (Å²) in [4.78, 5) is 54.4. The number of amides is 4. The molecule has 0 saturated carbocycles. The molecule has 2 atom stereocenters. The fourth-order valence-corrected chi connectivity index (χ4v) is 9.51. The Kier molecular flexibility index (Phi) is 14.0. The Hall–Kier alpha value is -7.01. The number of nitrogens with zero attached hydrogens (tertiary/aromatic N) is 2. The summed E-state index contributed by atoms with van der Waals surface area (Å²) >= 11 is 0. The van der Waals surface area contributed by atoms with E-state index in [0.717, 1.165) is 9.80 Å². The average molecular weight is 885 g/mol. The van der Waals surface area contributed by atoms with Crippen molar-refractivity contribution in [2.75, 3.05) is 66.7 Å². The van der Waals surface area contributed by atoms with Crippen LogP contribution in [0.1, 0.15) is 58.4 Å². The first-order valence-corrected chi connectivity index (χ1v) is 21.2. The fourth-order valence-electron chi connectivity index (χ4n) is 7.55. The first kappa shape index (κ1) is 45.5. The molecule has 0 radical (unpaired) electrons. The number of carbonyl (C=O) groups is 4. The second-order valence-corrected chi connectivity index (χ2v) is 16.3. The van der Waals surface area contributed by atoms with Crippen LogP contribution in [0.3, 0.4) is 0 Å². The normalized spacial score (nSPS) is 15.3. The van der Waals surface area contributed by atoms with Crippen LogP contribution in [0.4, 0.5) is 11.4 Å². The lowest BCUT2D eigenvalue weighted by atomic mass is 10.1. The van der Waals surface area contributed by atoms with E-state index < -0.39 is 44.0 Å². The van der Waals surface area contributed by atoms with Crippen molar-refractivity contribution in [1.29, 1.82) is 0 Å². The molecule has 63 heavy (non-hydrogen) atoms. The van der Waals surface area contributed by atoms with E-state index >= 15 is 8.42 Å². The van der Waals surface area contributed by atoms with Crippen molar-refractivity contribution in [3.8, 4) is 46.0 Å². The smallest absolute Gasteiger partial charge is 0.234 e. The summed E-state index contributed by atoms with van der Waals surface area (Å²) in [6.45, 7) is 0. The summed E-state index contributed by atoms with van der Waals surface area (Å²) in [6.07, 6.45) is 5.83. The first-order valence-electron chi connectivity index (χ1n) is 19.5. The van der Waals surface area contributed by atoms with Gasteiger partial charge in [0.15, 0.2) is 9.84 Å². The van der Waals surface area contributed by atoms with Gasteiger partial charge in [0, 0.05) is 49.9 Å². The van der Waals surface area contributed by atoms with Gasteiger partial charge in [-0.25, -0.2) is 18.2 Å². The standard InChI is InChI=1S/C46H48N2O14S/c1-55-29-23-37(59-5)31(38(24-29)60-6)11-15-41(27-9-13-35(57-3)33(21-27)47-43(49)17-18-44(47)50)63(53,54)42(16-12-32-39(61-7)25-30(56-2)26-40(32)62-8)28-10-14-36(58-4)34(22-28)48-45(51)19-20-46(48)52/h9-16,21-26,41-42H,17-20H2,1-8H3/b15-11+,16-12+. The van der Waals surface area contributed by atoms with Gasteiger partial charge in [0.1, 0.15) is 56.5 Å². The van der Waals surface area contributed by atoms with Gasteiger partial charge in [-0.3, -0.25) is 19.2 Å². The van der Waals surface area contributed by atoms with Crippen molar-refractivity contribution in [2.24, 2.45) is 0 Å². The van der Waals surface area contributed by atoms with Gasteiger partial charge in [-0.05, 0) is 47.5 Å². The van der Waals surface area contributed by atoms with Gasteiger partial charge in [0.05, 0.1) is 79.4 Å². The highest BCUT2D eigenvalue weighted by Crippen LogP contribution is 2.45. The molecule has 0 spiro atoms. The van der Waals surface area contributed by atoms with Crippen LogP contribution in [0.5, 0.6) is 46.0 Å². The van der Waals surface area contributed by atoms with E-state index in [0.29, 0.717) is 45.6 Å². The minimum absolute atomic E-state index is 0.0299. The molecule has 2 heterocycles. The molecule has 4 amide bonds. The number of hydrogen-bond donors (Lipinski definition) is 0. The monoisotopic (exact) mass is 884 g/mol. The zero-order valence-corrected chi connectivity index (χ0v) is 36.9. The van der Waals surface area contributed by atoms with E-state index in [4.69, 9.17) is 37.9 Å². The summed E-state index contributed by atoms with van der Waals surface area (Å²) in [5.74, 6) is 0.483. The van der Waals surface area contributed by atoms with Gasteiger partial charge in [-0.2, -0.15) is 0 Å². The van der Waals surface area contributed by atoms with Crippen molar-refractivity contribution in [3.63, 3.8) is 0 Å². The van der Waals surface area contributed by atoms with Crippen molar-refractivity contribution in [1.82, 2.24) is 0 Å². The Morgan fingerprint density at radius 1 is 0.444 bits per heavy atom. The summed E-state index contributed by atoms with van der Waals surface area (Å²) in [5, 5.41) is -3.11. The highest BCUT2D eigenvalue weighted by molar-refractivity contribution is 7.92. The first-order chi connectivity index (χ1) is 30.3. The minimum Gasteiger partial charge on any atom is -0.496 e. The van der Waals surface area contributed by atoms with Crippen LogP contribution in [0.15, 0.2) is 72.8 Å². The quantitative estimate of drug-likeness (QED) is 0.0964. The molecule has 17 heteroatoms. The topological polar surface area (TPSA) is 183 Å². The fraction of sp³-hybridized carbons (Fsp3) is 0.304. The molecular formula is C46H48N2O14S. The molecule has 0 aromatic heterocycles. The number of rotatable bonds is 18. The number of sulfone groups is 1.